The summed E-state index contributed by atoms with van der Waals surface area (Å²) in [4.78, 5) is 21.5. The lowest BCUT2D eigenvalue weighted by Crippen LogP contribution is -2.39. The Kier molecular flexibility index (Phi) is 6.42. The van der Waals surface area contributed by atoms with Crippen molar-refractivity contribution in [1.82, 2.24) is 29.4 Å². The van der Waals surface area contributed by atoms with Crippen molar-refractivity contribution in [2.24, 2.45) is 0 Å². The third-order valence-electron chi connectivity index (χ3n) is 7.12. The van der Waals surface area contributed by atoms with E-state index >= 15 is 0 Å². The molecule has 0 bridgehead atoms. The van der Waals surface area contributed by atoms with Crippen LogP contribution in [0.15, 0.2) is 42.9 Å². The SMILES string of the molecule is c1ccc2c(Nc3nc(NCCN4CCOCC4)c4ncn(C5CCCCC5)c4n3)nccc2c1. The van der Waals surface area contributed by atoms with Crippen LogP contribution in [-0.2, 0) is 4.74 Å². The van der Waals surface area contributed by atoms with E-state index in [2.05, 4.69) is 37.2 Å². The van der Waals surface area contributed by atoms with Crippen LogP contribution in [0, 0.1) is 0 Å². The Morgan fingerprint density at radius 3 is 2.69 bits per heavy atom. The van der Waals surface area contributed by atoms with Gasteiger partial charge in [-0.25, -0.2) is 9.97 Å². The Morgan fingerprint density at radius 1 is 0.943 bits per heavy atom. The zero-order valence-electron chi connectivity index (χ0n) is 20.0. The molecule has 2 N–H and O–H groups in total. The van der Waals surface area contributed by atoms with Crippen molar-refractivity contribution in [3.63, 3.8) is 0 Å². The van der Waals surface area contributed by atoms with E-state index in [0.29, 0.717) is 12.0 Å². The number of aromatic nitrogens is 5. The molecule has 182 valence electrons. The van der Waals surface area contributed by atoms with E-state index in [0.717, 1.165) is 73.0 Å². The van der Waals surface area contributed by atoms with Gasteiger partial charge in [0.05, 0.1) is 19.5 Å². The van der Waals surface area contributed by atoms with Crippen LogP contribution in [-0.4, -0.2) is 68.8 Å². The van der Waals surface area contributed by atoms with Crippen LogP contribution in [0.5, 0.6) is 0 Å². The molecule has 2 aliphatic rings. The second kappa shape index (κ2) is 10.1. The molecule has 1 saturated carbocycles. The van der Waals surface area contributed by atoms with Crippen molar-refractivity contribution in [2.45, 2.75) is 38.1 Å². The van der Waals surface area contributed by atoms with Crippen LogP contribution in [0.2, 0.25) is 0 Å². The van der Waals surface area contributed by atoms with Crippen LogP contribution >= 0.6 is 0 Å². The van der Waals surface area contributed by atoms with E-state index in [1.54, 1.807) is 0 Å². The van der Waals surface area contributed by atoms with Gasteiger partial charge in [-0.1, -0.05) is 43.5 Å². The molecule has 35 heavy (non-hydrogen) atoms. The van der Waals surface area contributed by atoms with Crippen LogP contribution in [0.3, 0.4) is 0 Å². The van der Waals surface area contributed by atoms with Crippen molar-refractivity contribution in [1.29, 1.82) is 0 Å². The smallest absolute Gasteiger partial charge is 0.232 e. The number of hydrogen-bond donors (Lipinski definition) is 2. The standard InChI is InChI=1S/C26H32N8O/c1-2-7-20(8-3-1)34-18-29-22-24(28-12-13-33-14-16-35-17-15-33)31-26(32-25(22)34)30-23-21-9-5-4-6-19(21)10-11-27-23/h4-6,9-11,18,20H,1-3,7-8,12-17H2,(H2,27,28,30,31,32). The van der Waals surface area contributed by atoms with Crippen LogP contribution < -0.4 is 10.6 Å². The first-order valence-corrected chi connectivity index (χ1v) is 12.7. The summed E-state index contributed by atoms with van der Waals surface area (Å²) < 4.78 is 7.73. The number of anilines is 3. The topological polar surface area (TPSA) is 93.0 Å². The molecule has 1 saturated heterocycles. The first-order chi connectivity index (χ1) is 17.3. The van der Waals surface area contributed by atoms with Gasteiger partial charge >= 0.3 is 0 Å². The zero-order chi connectivity index (χ0) is 23.5. The highest BCUT2D eigenvalue weighted by molar-refractivity contribution is 5.93. The molecule has 4 aromatic rings. The van der Waals surface area contributed by atoms with Gasteiger partial charge in [-0.2, -0.15) is 9.97 Å². The zero-order valence-corrected chi connectivity index (χ0v) is 20.0. The molecule has 6 rings (SSSR count). The van der Waals surface area contributed by atoms with Gasteiger partial charge in [0.15, 0.2) is 17.0 Å². The Morgan fingerprint density at radius 2 is 1.80 bits per heavy atom. The summed E-state index contributed by atoms with van der Waals surface area (Å²) >= 11 is 0. The number of imidazole rings is 1. The maximum Gasteiger partial charge on any atom is 0.232 e. The largest absolute Gasteiger partial charge is 0.379 e. The first-order valence-electron chi connectivity index (χ1n) is 12.7. The molecule has 1 aromatic carbocycles. The monoisotopic (exact) mass is 472 g/mol. The minimum absolute atomic E-state index is 0.438. The summed E-state index contributed by atoms with van der Waals surface area (Å²) in [6, 6.07) is 10.7. The number of morpholine rings is 1. The van der Waals surface area contributed by atoms with Crippen molar-refractivity contribution in [3.05, 3.63) is 42.9 Å². The molecular weight excluding hydrogens is 440 g/mol. The summed E-state index contributed by atoms with van der Waals surface area (Å²) in [5, 5.41) is 9.11. The maximum atomic E-state index is 5.48. The minimum atomic E-state index is 0.438. The second-order valence-electron chi connectivity index (χ2n) is 9.40. The number of benzene rings is 1. The normalized spacial score (nSPS) is 17.7. The molecule has 0 spiro atoms. The van der Waals surface area contributed by atoms with Crippen LogP contribution in [0.1, 0.15) is 38.1 Å². The van der Waals surface area contributed by atoms with E-state index in [1.165, 1.54) is 32.1 Å². The molecular formula is C26H32N8O. The fourth-order valence-electron chi connectivity index (χ4n) is 5.20. The maximum absolute atomic E-state index is 5.48. The van der Waals surface area contributed by atoms with Crippen LogP contribution in [0.4, 0.5) is 17.6 Å². The molecule has 1 aliphatic carbocycles. The highest BCUT2D eigenvalue weighted by Crippen LogP contribution is 2.32. The number of hydrogen-bond acceptors (Lipinski definition) is 8. The van der Waals surface area contributed by atoms with E-state index in [4.69, 9.17) is 19.7 Å². The molecule has 3 aromatic heterocycles. The summed E-state index contributed by atoms with van der Waals surface area (Å²) in [6.07, 6.45) is 9.92. The summed E-state index contributed by atoms with van der Waals surface area (Å²) in [5.41, 5.74) is 1.71. The Bertz CT molecular complexity index is 1290. The Hall–Kier alpha value is -3.30. The number of nitrogens with zero attached hydrogens (tertiary/aromatic N) is 6. The lowest BCUT2D eigenvalue weighted by molar-refractivity contribution is 0.0398. The third-order valence-corrected chi connectivity index (χ3v) is 7.12. The first kappa shape index (κ1) is 22.2. The van der Waals surface area contributed by atoms with Crippen molar-refractivity contribution < 1.29 is 4.74 Å². The van der Waals surface area contributed by atoms with Gasteiger partial charge in [0.25, 0.3) is 0 Å². The van der Waals surface area contributed by atoms with Crippen molar-refractivity contribution >= 4 is 39.5 Å². The minimum Gasteiger partial charge on any atom is -0.379 e. The Labute approximate surface area is 204 Å². The fraction of sp³-hybridized carbons (Fsp3) is 0.462. The second-order valence-corrected chi connectivity index (χ2v) is 9.40. The fourth-order valence-corrected chi connectivity index (χ4v) is 5.20. The van der Waals surface area contributed by atoms with Gasteiger partial charge in [-0.3, -0.25) is 4.90 Å². The predicted molar refractivity (Wildman–Crippen MR) is 138 cm³/mol. The molecule has 0 atom stereocenters. The summed E-state index contributed by atoms with van der Waals surface area (Å²) in [7, 11) is 0. The lowest BCUT2D eigenvalue weighted by Gasteiger charge is -2.26. The van der Waals surface area contributed by atoms with Crippen molar-refractivity contribution in [3.8, 4) is 0 Å². The molecule has 9 heteroatoms. The average Bonchev–Trinajstić information content (AvgIpc) is 3.34. The Balaban J connectivity index is 1.33. The quantitative estimate of drug-likeness (QED) is 0.410. The molecule has 4 heterocycles. The molecule has 9 nitrogen and oxygen atoms in total. The van der Waals surface area contributed by atoms with Crippen LogP contribution in [0.25, 0.3) is 21.9 Å². The highest BCUT2D eigenvalue weighted by atomic mass is 16.5. The van der Waals surface area contributed by atoms with Gasteiger partial charge in [0.2, 0.25) is 5.95 Å². The van der Waals surface area contributed by atoms with E-state index < -0.39 is 0 Å². The van der Waals surface area contributed by atoms with Gasteiger partial charge in [0.1, 0.15) is 5.82 Å². The number of ether oxygens (including phenoxy) is 1. The molecule has 2 fully saturated rings. The average molecular weight is 473 g/mol. The predicted octanol–water partition coefficient (Wildman–Crippen LogP) is 4.37. The number of rotatable bonds is 7. The molecule has 0 amide bonds. The number of nitrogens with one attached hydrogen (secondary N) is 2. The summed E-state index contributed by atoms with van der Waals surface area (Å²) in [5.74, 6) is 2.05. The van der Waals surface area contributed by atoms with Gasteiger partial charge in [0, 0.05) is 43.8 Å². The van der Waals surface area contributed by atoms with Crippen molar-refractivity contribution in [2.75, 3.05) is 50.0 Å². The molecule has 0 unspecified atom stereocenters. The highest BCUT2D eigenvalue weighted by Gasteiger charge is 2.21. The van der Waals surface area contributed by atoms with Gasteiger partial charge in [-0.15, -0.1) is 0 Å². The molecule has 1 aliphatic heterocycles. The van der Waals surface area contributed by atoms with E-state index in [-0.39, 0.29) is 0 Å². The summed E-state index contributed by atoms with van der Waals surface area (Å²) in [6.45, 7) is 5.26. The van der Waals surface area contributed by atoms with Gasteiger partial charge in [-0.05, 0) is 24.3 Å². The number of fused-ring (bicyclic) bond motifs is 2. The van der Waals surface area contributed by atoms with Gasteiger partial charge < -0.3 is 19.9 Å². The third kappa shape index (κ3) is 4.78. The number of pyridine rings is 1. The van der Waals surface area contributed by atoms with E-state index in [9.17, 15) is 0 Å². The molecule has 0 radical (unpaired) electrons. The lowest BCUT2D eigenvalue weighted by atomic mass is 9.95. The van der Waals surface area contributed by atoms with E-state index in [1.807, 2.05) is 30.7 Å².